The lowest BCUT2D eigenvalue weighted by Crippen LogP contribution is -2.49. The summed E-state index contributed by atoms with van der Waals surface area (Å²) >= 11 is 19.3. The van der Waals surface area contributed by atoms with Gasteiger partial charge in [-0.05, 0) is 55.7 Å². The zero-order valence-electron chi connectivity index (χ0n) is 30.4. The lowest BCUT2D eigenvalue weighted by molar-refractivity contribution is 0.311. The molecule has 0 aliphatic carbocycles. The zero-order valence-corrected chi connectivity index (χ0v) is 32.7. The molecule has 0 bridgehead atoms. The number of nitrogens with zero attached hydrogens (tertiary/aromatic N) is 20. The molecule has 4 aromatic rings. The first kappa shape index (κ1) is 36.4. The van der Waals surface area contributed by atoms with Crippen LogP contribution in [0.5, 0.6) is 0 Å². The van der Waals surface area contributed by atoms with Crippen LogP contribution in [0.25, 0.3) is 0 Å². The van der Waals surface area contributed by atoms with Gasteiger partial charge in [0.15, 0.2) is 0 Å². The average Bonchev–Trinajstić information content (AvgIpc) is 3.17. The number of piperazine rings is 4. The van der Waals surface area contributed by atoms with Crippen molar-refractivity contribution in [1.29, 1.82) is 0 Å². The SMILES string of the molecule is Cc1nc(C)nc(N2CCN(c3nc(Cl)nc(N4CCN(c5nc(Cl)nc(N6CCN(c7nc(Cl)nc(N8CCN(C)CC8)n7)CC6)n5)CC4)n3)CC2)n1. The van der Waals surface area contributed by atoms with Crippen LogP contribution in [0.3, 0.4) is 0 Å². The fraction of sp³-hybridized carbons (Fsp3) is 0.613. The minimum Gasteiger partial charge on any atom is -0.338 e. The Bertz CT molecular complexity index is 1920. The summed E-state index contributed by atoms with van der Waals surface area (Å²) in [5.41, 5.74) is 0. The third-order valence-corrected chi connectivity index (χ3v) is 10.4. The van der Waals surface area contributed by atoms with Crippen LogP contribution in [-0.2, 0) is 0 Å². The molecular formula is C31H41Cl3N20. The van der Waals surface area contributed by atoms with Crippen molar-refractivity contribution in [2.24, 2.45) is 0 Å². The van der Waals surface area contributed by atoms with Crippen LogP contribution < -0.4 is 34.3 Å². The van der Waals surface area contributed by atoms with E-state index < -0.39 is 0 Å². The topological polar surface area (TPSA) is 181 Å². The molecule has 0 aromatic carbocycles. The number of aromatic nitrogens is 12. The summed E-state index contributed by atoms with van der Waals surface area (Å²) in [5.74, 6) is 5.46. The van der Waals surface area contributed by atoms with E-state index >= 15 is 0 Å². The average molecular weight is 800 g/mol. The van der Waals surface area contributed by atoms with Gasteiger partial charge in [0.2, 0.25) is 57.5 Å². The van der Waals surface area contributed by atoms with Crippen molar-refractivity contribution >= 4 is 76.4 Å². The van der Waals surface area contributed by atoms with Crippen LogP contribution >= 0.6 is 34.8 Å². The van der Waals surface area contributed by atoms with Gasteiger partial charge in [-0.3, -0.25) is 0 Å². The molecule has 286 valence electrons. The summed E-state index contributed by atoms with van der Waals surface area (Å²) in [5, 5.41) is 0.503. The minimum absolute atomic E-state index is 0.149. The van der Waals surface area contributed by atoms with Gasteiger partial charge in [0.05, 0.1) is 0 Å². The highest BCUT2D eigenvalue weighted by Crippen LogP contribution is 2.25. The van der Waals surface area contributed by atoms with Gasteiger partial charge >= 0.3 is 0 Å². The Balaban J connectivity index is 0.872. The summed E-state index contributed by atoms with van der Waals surface area (Å²) in [6, 6.07) is 0. The van der Waals surface area contributed by atoms with E-state index in [2.05, 4.69) is 91.1 Å². The Hall–Kier alpha value is -4.53. The molecule has 23 heteroatoms. The van der Waals surface area contributed by atoms with Gasteiger partial charge in [0.25, 0.3) is 0 Å². The number of aryl methyl sites for hydroxylation is 2. The molecule has 8 heterocycles. The molecule has 0 unspecified atom stereocenters. The van der Waals surface area contributed by atoms with Crippen LogP contribution in [0.1, 0.15) is 11.6 Å². The number of likely N-dealkylation sites (N-methyl/N-ethyl adjacent to an activating group) is 1. The summed E-state index contributed by atoms with van der Waals surface area (Å²) in [4.78, 5) is 71.7. The minimum atomic E-state index is 0.149. The maximum atomic E-state index is 6.48. The van der Waals surface area contributed by atoms with Crippen molar-refractivity contribution in [3.8, 4) is 0 Å². The van der Waals surface area contributed by atoms with Crippen molar-refractivity contribution in [1.82, 2.24) is 64.7 Å². The molecule has 54 heavy (non-hydrogen) atoms. The molecule has 0 saturated carbocycles. The number of hydrogen-bond acceptors (Lipinski definition) is 20. The second-order valence-corrected chi connectivity index (χ2v) is 14.6. The molecule has 4 aliphatic heterocycles. The molecule has 0 amide bonds. The molecule has 0 N–H and O–H groups in total. The van der Waals surface area contributed by atoms with E-state index in [0.717, 1.165) is 39.3 Å². The fourth-order valence-corrected chi connectivity index (χ4v) is 7.36. The molecule has 20 nitrogen and oxygen atoms in total. The molecule has 4 saturated heterocycles. The van der Waals surface area contributed by atoms with Gasteiger partial charge in [-0.15, -0.1) is 0 Å². The van der Waals surface area contributed by atoms with Crippen LogP contribution in [0.2, 0.25) is 15.9 Å². The van der Waals surface area contributed by atoms with Gasteiger partial charge < -0.3 is 39.2 Å². The third kappa shape index (κ3) is 8.25. The fourth-order valence-electron chi connectivity index (χ4n) is 6.90. The summed E-state index contributed by atoms with van der Waals surface area (Å²) in [6.45, 7) is 15.3. The van der Waals surface area contributed by atoms with Crippen molar-refractivity contribution in [2.75, 3.05) is 146 Å². The van der Waals surface area contributed by atoms with E-state index in [1.165, 1.54) is 0 Å². The third-order valence-electron chi connectivity index (χ3n) is 9.92. The lowest BCUT2D eigenvalue weighted by atomic mass is 10.3. The Labute approximate surface area is 327 Å². The predicted molar refractivity (Wildman–Crippen MR) is 207 cm³/mol. The van der Waals surface area contributed by atoms with Gasteiger partial charge in [0, 0.05) is 105 Å². The van der Waals surface area contributed by atoms with Gasteiger partial charge in [-0.25, -0.2) is 4.98 Å². The normalized spacial score (nSPS) is 18.9. The second-order valence-electron chi connectivity index (χ2n) is 13.6. The Morgan fingerprint density at radius 1 is 0.296 bits per heavy atom. The van der Waals surface area contributed by atoms with Crippen molar-refractivity contribution in [2.45, 2.75) is 13.8 Å². The summed E-state index contributed by atoms with van der Waals surface area (Å²) < 4.78 is 0. The molecule has 4 aliphatic rings. The molecule has 4 aromatic heterocycles. The van der Waals surface area contributed by atoms with Gasteiger partial charge in [-0.2, -0.15) is 54.8 Å². The maximum absolute atomic E-state index is 6.48. The first-order chi connectivity index (χ1) is 26.1. The van der Waals surface area contributed by atoms with Crippen molar-refractivity contribution < 1.29 is 0 Å². The number of rotatable bonds is 7. The molecule has 4 fully saturated rings. The maximum Gasteiger partial charge on any atom is 0.231 e. The number of anilines is 7. The monoisotopic (exact) mass is 798 g/mol. The quantitative estimate of drug-likeness (QED) is 0.255. The second kappa shape index (κ2) is 15.7. The smallest absolute Gasteiger partial charge is 0.231 e. The highest BCUT2D eigenvalue weighted by Gasteiger charge is 2.28. The van der Waals surface area contributed by atoms with E-state index in [1.54, 1.807) is 0 Å². The molecule has 0 spiro atoms. The van der Waals surface area contributed by atoms with Crippen LogP contribution in [0, 0.1) is 13.8 Å². The predicted octanol–water partition coefficient (Wildman–Crippen LogP) is 0.735. The van der Waals surface area contributed by atoms with Crippen molar-refractivity contribution in [3.63, 3.8) is 0 Å². The van der Waals surface area contributed by atoms with E-state index in [1.807, 2.05) is 13.8 Å². The first-order valence-electron chi connectivity index (χ1n) is 18.0. The van der Waals surface area contributed by atoms with Crippen molar-refractivity contribution in [3.05, 3.63) is 27.5 Å². The van der Waals surface area contributed by atoms with Gasteiger partial charge in [0.1, 0.15) is 11.6 Å². The summed E-state index contributed by atoms with van der Waals surface area (Å²) in [6.07, 6.45) is 0. The van der Waals surface area contributed by atoms with E-state index in [-0.39, 0.29) is 15.9 Å². The Morgan fingerprint density at radius 3 is 0.741 bits per heavy atom. The molecule has 0 radical (unpaired) electrons. The van der Waals surface area contributed by atoms with E-state index in [0.29, 0.717) is 119 Å². The van der Waals surface area contributed by atoms with E-state index in [9.17, 15) is 0 Å². The standard InChI is InChI=1S/C31H41Cl3N20/c1-20-35-21(2)37-25(36-20)49-8-10-50(11-9-49)28-40-23(33)41-29(45-28)53-16-18-54(19-17-53)31-43-24(34)42-30(46-31)52-14-12-51(13-15-52)27-39-22(32)38-26(44-27)48-6-4-47(3)5-7-48/h4-19H2,1-3H3. The lowest BCUT2D eigenvalue weighted by Gasteiger charge is -2.37. The summed E-state index contributed by atoms with van der Waals surface area (Å²) in [7, 11) is 2.11. The Morgan fingerprint density at radius 2 is 0.500 bits per heavy atom. The highest BCUT2D eigenvalue weighted by atomic mass is 35.5. The van der Waals surface area contributed by atoms with Crippen LogP contribution in [0.15, 0.2) is 0 Å². The molecule has 8 rings (SSSR count). The van der Waals surface area contributed by atoms with Crippen LogP contribution in [0.4, 0.5) is 41.6 Å². The molecule has 0 atom stereocenters. The Kier molecular flexibility index (Phi) is 10.6. The number of halogens is 3. The largest absolute Gasteiger partial charge is 0.338 e. The van der Waals surface area contributed by atoms with Crippen LogP contribution in [-0.4, -0.2) is 176 Å². The first-order valence-corrected chi connectivity index (χ1v) is 19.1. The number of hydrogen-bond donors (Lipinski definition) is 0. The molecular weight excluding hydrogens is 759 g/mol. The highest BCUT2D eigenvalue weighted by molar-refractivity contribution is 6.29. The van der Waals surface area contributed by atoms with Gasteiger partial charge in [-0.1, -0.05) is 0 Å². The zero-order chi connectivity index (χ0) is 37.3. The van der Waals surface area contributed by atoms with E-state index in [4.69, 9.17) is 49.8 Å².